The molecule has 1 aliphatic heterocycles. The van der Waals surface area contributed by atoms with E-state index in [9.17, 15) is 9.59 Å². The van der Waals surface area contributed by atoms with Gasteiger partial charge >= 0.3 is 12.1 Å². The molecule has 8 nitrogen and oxygen atoms in total. The number of carbonyl (C=O) groups is 2. The Morgan fingerprint density at radius 1 is 1.29 bits per heavy atom. The van der Waals surface area contributed by atoms with E-state index >= 15 is 0 Å². The molecule has 1 saturated heterocycles. The second-order valence-corrected chi connectivity index (χ2v) is 7.67. The number of ether oxygens (including phenoxy) is 2. The molecule has 0 aliphatic carbocycles. The first kappa shape index (κ1) is 26.7. The third-order valence-corrected chi connectivity index (χ3v) is 4.08. The minimum absolute atomic E-state index is 0. The van der Waals surface area contributed by atoms with Gasteiger partial charge in [0.25, 0.3) is 0 Å². The molecule has 0 spiro atoms. The van der Waals surface area contributed by atoms with Gasteiger partial charge < -0.3 is 24.6 Å². The van der Waals surface area contributed by atoms with Crippen molar-refractivity contribution in [3.05, 3.63) is 0 Å². The maximum Gasteiger partial charge on any atom is 0.410 e. The lowest BCUT2D eigenvalue weighted by Crippen LogP contribution is -2.48. The number of guanidine groups is 1. The van der Waals surface area contributed by atoms with Crippen molar-refractivity contribution >= 4 is 42.0 Å². The molecule has 0 radical (unpaired) electrons. The van der Waals surface area contributed by atoms with Gasteiger partial charge in [0.2, 0.25) is 0 Å². The van der Waals surface area contributed by atoms with Crippen LogP contribution in [0.1, 0.15) is 47.5 Å². The molecule has 1 N–H and O–H groups in total. The van der Waals surface area contributed by atoms with Crippen molar-refractivity contribution in [2.45, 2.75) is 53.1 Å². The molecule has 28 heavy (non-hydrogen) atoms. The monoisotopic (exact) mass is 512 g/mol. The highest BCUT2D eigenvalue weighted by Gasteiger charge is 2.28. The molecule has 1 aliphatic rings. The van der Waals surface area contributed by atoms with Crippen LogP contribution >= 0.6 is 24.0 Å². The number of likely N-dealkylation sites (tertiary alicyclic amines) is 1. The molecule has 9 heteroatoms. The number of piperidine rings is 1. The zero-order valence-corrected chi connectivity index (χ0v) is 20.4. The number of nitrogens with one attached hydrogen (secondary N) is 1. The van der Waals surface area contributed by atoms with Gasteiger partial charge in [-0.15, -0.1) is 24.0 Å². The van der Waals surface area contributed by atoms with Gasteiger partial charge in [0, 0.05) is 33.2 Å². The Kier molecular flexibility index (Phi) is 12.5. The number of hydrogen-bond donors (Lipinski definition) is 1. The molecule has 1 heterocycles. The quantitative estimate of drug-likeness (QED) is 0.255. The molecular formula is C19H37IN4O4. The van der Waals surface area contributed by atoms with Crippen molar-refractivity contribution in [1.82, 2.24) is 15.1 Å². The van der Waals surface area contributed by atoms with Crippen molar-refractivity contribution < 1.29 is 19.1 Å². The largest absolute Gasteiger partial charge is 0.466 e. The van der Waals surface area contributed by atoms with E-state index in [1.165, 1.54) is 4.90 Å². The third-order valence-electron chi connectivity index (χ3n) is 4.08. The first-order chi connectivity index (χ1) is 12.7. The van der Waals surface area contributed by atoms with E-state index in [0.29, 0.717) is 26.2 Å². The fourth-order valence-corrected chi connectivity index (χ4v) is 2.78. The fourth-order valence-electron chi connectivity index (χ4n) is 2.78. The maximum absolute atomic E-state index is 12.0. The Bertz CT molecular complexity index is 523. The summed E-state index contributed by atoms with van der Waals surface area (Å²) in [4.78, 5) is 32.3. The number of halogens is 1. The highest BCUT2D eigenvalue weighted by molar-refractivity contribution is 14.0. The van der Waals surface area contributed by atoms with Crippen LogP contribution in [0.25, 0.3) is 0 Å². The summed E-state index contributed by atoms with van der Waals surface area (Å²) in [6.45, 7) is 12.9. The number of hydrogen-bond acceptors (Lipinski definition) is 5. The molecule has 1 unspecified atom stereocenters. The van der Waals surface area contributed by atoms with Gasteiger partial charge in [-0.1, -0.05) is 0 Å². The molecule has 0 aromatic rings. The van der Waals surface area contributed by atoms with E-state index in [1.807, 2.05) is 34.6 Å². The van der Waals surface area contributed by atoms with Gasteiger partial charge in [-0.2, -0.15) is 0 Å². The highest BCUT2D eigenvalue weighted by Crippen LogP contribution is 2.18. The standard InChI is InChI=1S/C19H36N4O4.HI/c1-7-20-17(21-11-13-22(6)18(25)27-19(3,4)5)23-12-9-10-15(14-23)16(24)26-8-2;/h15H,7-14H2,1-6H3,(H,20,21);1H. The molecule has 1 amide bonds. The molecular weight excluding hydrogens is 475 g/mol. The maximum atomic E-state index is 12.0. The van der Waals surface area contributed by atoms with Crippen molar-refractivity contribution in [2.75, 3.05) is 46.4 Å². The van der Waals surface area contributed by atoms with Crippen LogP contribution in [-0.4, -0.2) is 79.8 Å². The average molecular weight is 512 g/mol. The van der Waals surface area contributed by atoms with Gasteiger partial charge in [0.05, 0.1) is 19.1 Å². The first-order valence-corrected chi connectivity index (χ1v) is 9.82. The van der Waals surface area contributed by atoms with E-state index in [4.69, 9.17) is 9.47 Å². The van der Waals surface area contributed by atoms with Crippen LogP contribution < -0.4 is 5.32 Å². The van der Waals surface area contributed by atoms with E-state index < -0.39 is 5.60 Å². The summed E-state index contributed by atoms with van der Waals surface area (Å²) in [5.41, 5.74) is -0.514. The Balaban J connectivity index is 0.00000729. The van der Waals surface area contributed by atoms with Crippen LogP contribution in [-0.2, 0) is 14.3 Å². The molecule has 164 valence electrons. The molecule has 1 atom stereocenters. The van der Waals surface area contributed by atoms with Crippen molar-refractivity contribution in [3.63, 3.8) is 0 Å². The van der Waals surface area contributed by atoms with Gasteiger partial charge in [-0.05, 0) is 47.5 Å². The van der Waals surface area contributed by atoms with Crippen LogP contribution in [0.5, 0.6) is 0 Å². The lowest BCUT2D eigenvalue weighted by molar-refractivity contribution is -0.149. The molecule has 1 rings (SSSR count). The number of nitrogens with zero attached hydrogens (tertiary/aromatic N) is 3. The number of amides is 1. The zero-order valence-electron chi connectivity index (χ0n) is 18.1. The minimum Gasteiger partial charge on any atom is -0.466 e. The Hall–Kier alpha value is -1.26. The summed E-state index contributed by atoms with van der Waals surface area (Å²) in [6.07, 6.45) is 1.41. The number of carbonyl (C=O) groups excluding carboxylic acids is 2. The predicted octanol–water partition coefficient (Wildman–Crippen LogP) is 2.71. The molecule has 0 bridgehead atoms. The fraction of sp³-hybridized carbons (Fsp3) is 0.842. The van der Waals surface area contributed by atoms with Crippen molar-refractivity contribution in [2.24, 2.45) is 10.9 Å². The Morgan fingerprint density at radius 2 is 1.96 bits per heavy atom. The van der Waals surface area contributed by atoms with E-state index in [0.717, 1.165) is 31.9 Å². The SMILES string of the molecule is CCNC(=NCCN(C)C(=O)OC(C)(C)C)N1CCCC(C(=O)OCC)C1.I. The lowest BCUT2D eigenvalue weighted by atomic mass is 9.98. The normalized spacial score (nSPS) is 17.4. The van der Waals surface area contributed by atoms with Gasteiger partial charge in [0.1, 0.15) is 5.60 Å². The van der Waals surface area contributed by atoms with Gasteiger partial charge in [-0.3, -0.25) is 9.79 Å². The second kappa shape index (κ2) is 13.1. The summed E-state index contributed by atoms with van der Waals surface area (Å²) in [5, 5.41) is 3.27. The highest BCUT2D eigenvalue weighted by atomic mass is 127. The zero-order chi connectivity index (χ0) is 20.4. The van der Waals surface area contributed by atoms with Crippen LogP contribution in [0.2, 0.25) is 0 Å². The number of rotatable bonds is 6. The van der Waals surface area contributed by atoms with Crippen molar-refractivity contribution in [3.8, 4) is 0 Å². The van der Waals surface area contributed by atoms with Crippen LogP contribution in [0.3, 0.4) is 0 Å². The molecule has 0 saturated carbocycles. The van der Waals surface area contributed by atoms with Crippen LogP contribution in [0.4, 0.5) is 4.79 Å². The second-order valence-electron chi connectivity index (χ2n) is 7.67. The predicted molar refractivity (Wildman–Crippen MR) is 121 cm³/mol. The van der Waals surface area contributed by atoms with E-state index in [1.54, 1.807) is 7.05 Å². The summed E-state index contributed by atoms with van der Waals surface area (Å²) in [7, 11) is 1.70. The summed E-state index contributed by atoms with van der Waals surface area (Å²) in [5.74, 6) is 0.513. The van der Waals surface area contributed by atoms with Crippen LogP contribution in [0.15, 0.2) is 4.99 Å². The summed E-state index contributed by atoms with van der Waals surface area (Å²) >= 11 is 0. The lowest BCUT2D eigenvalue weighted by Gasteiger charge is -2.34. The van der Waals surface area contributed by atoms with E-state index in [2.05, 4.69) is 15.2 Å². The minimum atomic E-state index is -0.514. The molecule has 0 aromatic heterocycles. The van der Waals surface area contributed by atoms with Crippen LogP contribution in [0, 0.1) is 5.92 Å². The molecule has 1 fully saturated rings. The smallest absolute Gasteiger partial charge is 0.410 e. The number of likely N-dealkylation sites (N-methyl/N-ethyl adjacent to an activating group) is 1. The number of aliphatic imine (C=N–C) groups is 1. The Morgan fingerprint density at radius 3 is 2.54 bits per heavy atom. The van der Waals surface area contributed by atoms with Gasteiger partial charge in [-0.25, -0.2) is 4.79 Å². The Labute approximate surface area is 186 Å². The summed E-state index contributed by atoms with van der Waals surface area (Å²) in [6, 6.07) is 0. The average Bonchev–Trinajstić information content (AvgIpc) is 2.59. The third kappa shape index (κ3) is 9.79. The van der Waals surface area contributed by atoms with Crippen molar-refractivity contribution in [1.29, 1.82) is 0 Å². The summed E-state index contributed by atoms with van der Waals surface area (Å²) < 4.78 is 10.5. The van der Waals surface area contributed by atoms with E-state index in [-0.39, 0.29) is 42.0 Å². The molecule has 0 aromatic carbocycles. The number of esters is 1. The topological polar surface area (TPSA) is 83.5 Å². The first-order valence-electron chi connectivity index (χ1n) is 9.82. The van der Waals surface area contributed by atoms with Gasteiger partial charge in [0.15, 0.2) is 5.96 Å².